The molecule has 25 heavy (non-hydrogen) atoms. The smallest absolute Gasteiger partial charge is 0.338 e. The molecule has 5 nitrogen and oxygen atoms in total. The number of halogens is 1. The van der Waals surface area contributed by atoms with Crippen LogP contribution in [0.5, 0.6) is 0 Å². The number of nitrogens with zero attached hydrogens (tertiary/aromatic N) is 2. The molecule has 3 aromatic rings. The van der Waals surface area contributed by atoms with Crippen molar-refractivity contribution in [3.8, 4) is 0 Å². The van der Waals surface area contributed by atoms with Crippen molar-refractivity contribution in [2.45, 2.75) is 32.3 Å². The monoisotopic (exact) mass is 358 g/mol. The minimum absolute atomic E-state index is 0.0927. The van der Waals surface area contributed by atoms with E-state index in [1.54, 1.807) is 4.40 Å². The minimum atomic E-state index is -0.576. The van der Waals surface area contributed by atoms with Crippen LogP contribution in [0.25, 0.3) is 4.96 Å². The van der Waals surface area contributed by atoms with Gasteiger partial charge in [0.05, 0.1) is 11.3 Å². The molecule has 1 aromatic carbocycles. The summed E-state index contributed by atoms with van der Waals surface area (Å²) in [5, 5.41) is 0. The fraction of sp³-hybridized carbons (Fsp3) is 0.278. The highest BCUT2D eigenvalue weighted by atomic mass is 32.1. The first-order chi connectivity index (χ1) is 12.1. The number of aryl methyl sites for hydroxylation is 2. The number of rotatable bonds is 3. The Hall–Kier alpha value is -2.54. The molecule has 0 fully saturated rings. The van der Waals surface area contributed by atoms with Gasteiger partial charge in [0.25, 0.3) is 5.56 Å². The van der Waals surface area contributed by atoms with Crippen molar-refractivity contribution < 1.29 is 13.9 Å². The Morgan fingerprint density at radius 1 is 1.24 bits per heavy atom. The van der Waals surface area contributed by atoms with Gasteiger partial charge in [-0.05, 0) is 49.9 Å². The van der Waals surface area contributed by atoms with Crippen LogP contribution in [0, 0.1) is 5.82 Å². The van der Waals surface area contributed by atoms with Crippen molar-refractivity contribution >= 4 is 22.3 Å². The largest absolute Gasteiger partial charge is 0.456 e. The maximum Gasteiger partial charge on any atom is 0.338 e. The minimum Gasteiger partial charge on any atom is -0.456 e. The van der Waals surface area contributed by atoms with Crippen LogP contribution in [0.3, 0.4) is 0 Å². The van der Waals surface area contributed by atoms with Crippen LogP contribution in [0.1, 0.15) is 39.5 Å². The van der Waals surface area contributed by atoms with Gasteiger partial charge in [0.15, 0.2) is 4.96 Å². The highest BCUT2D eigenvalue weighted by Crippen LogP contribution is 2.28. The average Bonchev–Trinajstić information content (AvgIpc) is 2.99. The molecule has 2 aromatic heterocycles. The zero-order valence-corrected chi connectivity index (χ0v) is 14.1. The Balaban J connectivity index is 1.57. The lowest BCUT2D eigenvalue weighted by Gasteiger charge is -2.10. The highest BCUT2D eigenvalue weighted by molar-refractivity contribution is 7.17. The fourth-order valence-corrected chi connectivity index (χ4v) is 4.26. The first-order valence-electron chi connectivity index (χ1n) is 8.08. The maximum atomic E-state index is 12.9. The molecule has 2 heterocycles. The van der Waals surface area contributed by atoms with Crippen molar-refractivity contribution in [3.05, 3.63) is 68.3 Å². The van der Waals surface area contributed by atoms with Crippen LogP contribution in [0.4, 0.5) is 4.39 Å². The van der Waals surface area contributed by atoms with E-state index in [9.17, 15) is 14.0 Å². The van der Waals surface area contributed by atoms with E-state index < -0.39 is 11.8 Å². The molecule has 7 heteroatoms. The number of fused-ring (bicyclic) bond motifs is 3. The van der Waals surface area contributed by atoms with Gasteiger partial charge in [-0.25, -0.2) is 14.2 Å². The summed E-state index contributed by atoms with van der Waals surface area (Å²) in [5.41, 5.74) is 1.60. The van der Waals surface area contributed by atoms with Crippen molar-refractivity contribution in [2.75, 3.05) is 0 Å². The Bertz CT molecular complexity index is 1010. The first-order valence-corrected chi connectivity index (χ1v) is 8.89. The third-order valence-corrected chi connectivity index (χ3v) is 5.39. The standard InChI is InChI=1S/C18H15FN2O3S/c19-12-7-5-11(6-8-12)17(23)24-10-13-9-16(22)21-14-3-1-2-4-15(14)25-18(21)20-13/h5-9H,1-4,10H2. The summed E-state index contributed by atoms with van der Waals surface area (Å²) in [4.78, 5) is 30.7. The van der Waals surface area contributed by atoms with Gasteiger partial charge in [-0.1, -0.05) is 0 Å². The number of esters is 1. The zero-order chi connectivity index (χ0) is 17.4. The van der Waals surface area contributed by atoms with Gasteiger partial charge >= 0.3 is 5.97 Å². The number of ether oxygens (including phenoxy) is 1. The summed E-state index contributed by atoms with van der Waals surface area (Å²) in [6.07, 6.45) is 4.10. The molecule has 0 radical (unpaired) electrons. The average molecular weight is 358 g/mol. The van der Waals surface area contributed by atoms with Crippen LogP contribution in [0.2, 0.25) is 0 Å². The number of aromatic nitrogens is 2. The molecule has 0 amide bonds. The van der Waals surface area contributed by atoms with Gasteiger partial charge in [-0.15, -0.1) is 11.3 Å². The third-order valence-electron chi connectivity index (χ3n) is 4.25. The van der Waals surface area contributed by atoms with Crippen LogP contribution >= 0.6 is 11.3 Å². The Morgan fingerprint density at radius 2 is 2.00 bits per heavy atom. The number of benzene rings is 1. The van der Waals surface area contributed by atoms with Gasteiger partial charge < -0.3 is 4.74 Å². The van der Waals surface area contributed by atoms with Gasteiger partial charge in [0, 0.05) is 16.6 Å². The molecule has 1 aliphatic rings. The topological polar surface area (TPSA) is 60.7 Å². The van der Waals surface area contributed by atoms with Crippen LogP contribution in [-0.2, 0) is 24.2 Å². The van der Waals surface area contributed by atoms with Crippen molar-refractivity contribution in [2.24, 2.45) is 0 Å². The number of carbonyl (C=O) groups excluding carboxylic acids is 1. The van der Waals surface area contributed by atoms with Crippen molar-refractivity contribution in [1.82, 2.24) is 9.38 Å². The van der Waals surface area contributed by atoms with Crippen LogP contribution < -0.4 is 5.56 Å². The second-order valence-corrected chi connectivity index (χ2v) is 7.03. The molecule has 0 bridgehead atoms. The van der Waals surface area contributed by atoms with Gasteiger partial charge in [-0.2, -0.15) is 0 Å². The lowest BCUT2D eigenvalue weighted by Crippen LogP contribution is -2.18. The molecule has 0 atom stereocenters. The zero-order valence-electron chi connectivity index (χ0n) is 13.3. The van der Waals surface area contributed by atoms with Gasteiger partial charge in [-0.3, -0.25) is 9.20 Å². The van der Waals surface area contributed by atoms with Crippen LogP contribution in [0.15, 0.2) is 35.1 Å². The quantitative estimate of drug-likeness (QED) is 0.675. The van der Waals surface area contributed by atoms with Crippen molar-refractivity contribution in [3.63, 3.8) is 0 Å². The summed E-state index contributed by atoms with van der Waals surface area (Å²) in [5.74, 6) is -0.995. The molecule has 1 aliphatic carbocycles. The maximum absolute atomic E-state index is 12.9. The number of hydrogen-bond acceptors (Lipinski definition) is 5. The Kier molecular flexibility index (Phi) is 4.09. The molecule has 0 spiro atoms. The predicted octanol–water partition coefficient (Wildman–Crippen LogP) is 3.13. The predicted molar refractivity (Wildman–Crippen MR) is 91.5 cm³/mol. The van der Waals surface area contributed by atoms with E-state index in [1.807, 2.05) is 0 Å². The summed E-state index contributed by atoms with van der Waals surface area (Å²) in [6, 6.07) is 6.52. The molecule has 0 saturated carbocycles. The number of thiazole rings is 1. The molecule has 0 N–H and O–H groups in total. The summed E-state index contributed by atoms with van der Waals surface area (Å²) in [6.45, 7) is -0.0927. The Morgan fingerprint density at radius 3 is 2.80 bits per heavy atom. The molecular formula is C18H15FN2O3S. The number of carbonyl (C=O) groups is 1. The second-order valence-electron chi connectivity index (χ2n) is 5.97. The fourth-order valence-electron chi connectivity index (χ4n) is 3.02. The van der Waals surface area contributed by atoms with E-state index in [-0.39, 0.29) is 17.7 Å². The molecule has 4 rings (SSSR count). The third kappa shape index (κ3) is 3.07. The molecule has 0 unspecified atom stereocenters. The van der Waals surface area contributed by atoms with E-state index in [0.717, 1.165) is 31.4 Å². The number of hydrogen-bond donors (Lipinski definition) is 0. The lowest BCUT2D eigenvalue weighted by atomic mass is 10.0. The van der Waals surface area contributed by atoms with E-state index in [1.165, 1.54) is 46.5 Å². The van der Waals surface area contributed by atoms with E-state index in [2.05, 4.69) is 4.98 Å². The van der Waals surface area contributed by atoms with Gasteiger partial charge in [0.2, 0.25) is 0 Å². The molecular weight excluding hydrogens is 343 g/mol. The molecule has 0 aliphatic heterocycles. The second kappa shape index (κ2) is 6.40. The summed E-state index contributed by atoms with van der Waals surface area (Å²) < 4.78 is 19.8. The highest BCUT2D eigenvalue weighted by Gasteiger charge is 2.18. The Labute approximate surface area is 146 Å². The van der Waals surface area contributed by atoms with E-state index in [4.69, 9.17) is 4.74 Å². The van der Waals surface area contributed by atoms with Gasteiger partial charge in [0.1, 0.15) is 12.4 Å². The normalized spacial score (nSPS) is 13.6. The molecule has 0 saturated heterocycles. The van der Waals surface area contributed by atoms with E-state index in [0.29, 0.717) is 10.7 Å². The summed E-state index contributed by atoms with van der Waals surface area (Å²) >= 11 is 1.53. The summed E-state index contributed by atoms with van der Waals surface area (Å²) in [7, 11) is 0. The molecule has 128 valence electrons. The lowest BCUT2D eigenvalue weighted by molar-refractivity contribution is 0.0467. The SMILES string of the molecule is O=C(OCc1cc(=O)n2c3c(sc2n1)CCCC3)c1ccc(F)cc1. The van der Waals surface area contributed by atoms with E-state index >= 15 is 0 Å². The first kappa shape index (κ1) is 16.0. The van der Waals surface area contributed by atoms with Crippen molar-refractivity contribution in [1.29, 1.82) is 0 Å². The van der Waals surface area contributed by atoms with Crippen LogP contribution in [-0.4, -0.2) is 15.4 Å².